The predicted molar refractivity (Wildman–Crippen MR) is 121 cm³/mol. The molecule has 30 heavy (non-hydrogen) atoms. The number of methoxy groups -OCH3 is 1. The molecule has 3 aromatic rings. The fourth-order valence-electron chi connectivity index (χ4n) is 3.61. The summed E-state index contributed by atoms with van der Waals surface area (Å²) in [6.45, 7) is 3.57. The standard InChI is InChI=1S/C22H25N3O3S2/c1-14-23-17-5-4-15(28-3)12-16(17)21(24-14)29-13-18(26)19-6-7-20(30-19)22(27)8-10-25(2)11-9-22/h4-7,12,27H,8-11,13H2,1-3H3. The van der Waals surface area contributed by atoms with Crippen LogP contribution in [-0.4, -0.2) is 58.8 Å². The maximum Gasteiger partial charge on any atom is 0.183 e. The molecule has 2 aromatic heterocycles. The van der Waals surface area contributed by atoms with Crippen LogP contribution in [0.3, 0.4) is 0 Å². The van der Waals surface area contributed by atoms with Crippen LogP contribution in [0.1, 0.15) is 33.2 Å². The molecule has 0 radical (unpaired) electrons. The van der Waals surface area contributed by atoms with E-state index in [1.54, 1.807) is 7.11 Å². The van der Waals surface area contributed by atoms with Gasteiger partial charge in [-0.2, -0.15) is 0 Å². The molecule has 1 N–H and O–H groups in total. The number of hydrogen-bond acceptors (Lipinski definition) is 8. The Morgan fingerprint density at radius 1 is 1.27 bits per heavy atom. The zero-order valence-electron chi connectivity index (χ0n) is 17.3. The fraction of sp³-hybridized carbons (Fsp3) is 0.409. The van der Waals surface area contributed by atoms with Crippen LogP contribution >= 0.6 is 23.1 Å². The van der Waals surface area contributed by atoms with Gasteiger partial charge in [0.1, 0.15) is 22.2 Å². The van der Waals surface area contributed by atoms with Crippen molar-refractivity contribution in [1.82, 2.24) is 14.9 Å². The number of thiophene rings is 1. The lowest BCUT2D eigenvalue weighted by molar-refractivity contribution is -0.0172. The van der Waals surface area contributed by atoms with Gasteiger partial charge in [0.2, 0.25) is 0 Å². The molecule has 0 unspecified atom stereocenters. The summed E-state index contributed by atoms with van der Waals surface area (Å²) in [6, 6.07) is 9.42. The minimum atomic E-state index is -0.820. The number of aromatic nitrogens is 2. The highest BCUT2D eigenvalue weighted by Crippen LogP contribution is 2.37. The van der Waals surface area contributed by atoms with Crippen molar-refractivity contribution in [2.24, 2.45) is 0 Å². The maximum absolute atomic E-state index is 12.8. The molecule has 1 fully saturated rings. The number of Topliss-reactive ketones (excluding diaryl/α,β-unsaturated/α-hetero) is 1. The molecular weight excluding hydrogens is 418 g/mol. The van der Waals surface area contributed by atoms with Crippen LogP contribution in [0, 0.1) is 6.92 Å². The van der Waals surface area contributed by atoms with E-state index in [0.29, 0.717) is 23.5 Å². The summed E-state index contributed by atoms with van der Waals surface area (Å²) in [5.41, 5.74) is 0.0143. The topological polar surface area (TPSA) is 75.5 Å². The SMILES string of the molecule is COc1ccc2nc(C)nc(SCC(=O)c3ccc(C4(O)CCN(C)CC4)s3)c2c1. The van der Waals surface area contributed by atoms with E-state index in [9.17, 15) is 9.90 Å². The van der Waals surface area contributed by atoms with E-state index in [-0.39, 0.29) is 11.5 Å². The van der Waals surface area contributed by atoms with E-state index >= 15 is 0 Å². The van der Waals surface area contributed by atoms with E-state index in [0.717, 1.165) is 39.6 Å². The van der Waals surface area contributed by atoms with Gasteiger partial charge in [-0.3, -0.25) is 4.79 Å². The van der Waals surface area contributed by atoms with Gasteiger partial charge in [-0.1, -0.05) is 11.8 Å². The highest BCUT2D eigenvalue weighted by molar-refractivity contribution is 8.00. The summed E-state index contributed by atoms with van der Waals surface area (Å²) in [5, 5.41) is 12.7. The average molecular weight is 444 g/mol. The van der Waals surface area contributed by atoms with Crippen molar-refractivity contribution >= 4 is 39.8 Å². The summed E-state index contributed by atoms with van der Waals surface area (Å²) >= 11 is 2.82. The second kappa shape index (κ2) is 8.63. The molecule has 0 aliphatic carbocycles. The number of nitrogens with zero attached hydrogens (tertiary/aromatic N) is 3. The number of aliphatic hydroxyl groups is 1. The number of ether oxygens (including phenoxy) is 1. The molecule has 158 valence electrons. The van der Waals surface area contributed by atoms with Crippen molar-refractivity contribution < 1.29 is 14.6 Å². The number of likely N-dealkylation sites (tertiary alicyclic amines) is 1. The summed E-state index contributed by atoms with van der Waals surface area (Å²) in [7, 11) is 3.69. The van der Waals surface area contributed by atoms with Gasteiger partial charge in [-0.25, -0.2) is 9.97 Å². The molecule has 0 bridgehead atoms. The van der Waals surface area contributed by atoms with Gasteiger partial charge in [0.05, 0.1) is 23.3 Å². The molecule has 0 amide bonds. The zero-order chi connectivity index (χ0) is 21.3. The van der Waals surface area contributed by atoms with E-state index in [4.69, 9.17) is 4.74 Å². The number of piperidine rings is 1. The second-order valence-corrected chi connectivity index (χ2v) is 9.72. The van der Waals surface area contributed by atoms with Crippen LogP contribution in [0.15, 0.2) is 35.4 Å². The van der Waals surface area contributed by atoms with Crippen LogP contribution in [0.25, 0.3) is 10.9 Å². The van der Waals surface area contributed by atoms with Gasteiger partial charge in [-0.15, -0.1) is 11.3 Å². The normalized spacial score (nSPS) is 16.7. The van der Waals surface area contributed by atoms with Gasteiger partial charge in [0, 0.05) is 23.4 Å². The molecule has 8 heteroatoms. The summed E-state index contributed by atoms with van der Waals surface area (Å²) in [5.74, 6) is 1.73. The molecule has 4 rings (SSSR count). The van der Waals surface area contributed by atoms with E-state index in [2.05, 4.69) is 21.9 Å². The van der Waals surface area contributed by atoms with Gasteiger partial charge >= 0.3 is 0 Å². The van der Waals surface area contributed by atoms with Crippen LogP contribution in [0.5, 0.6) is 5.75 Å². The Hall–Kier alpha value is -2.00. The van der Waals surface area contributed by atoms with Gasteiger partial charge in [0.15, 0.2) is 5.78 Å². The molecule has 1 aliphatic rings. The molecule has 1 aromatic carbocycles. The van der Waals surface area contributed by atoms with Gasteiger partial charge < -0.3 is 14.7 Å². The lowest BCUT2D eigenvalue weighted by atomic mass is 9.90. The lowest BCUT2D eigenvalue weighted by Crippen LogP contribution is -2.40. The first-order chi connectivity index (χ1) is 14.4. The van der Waals surface area contributed by atoms with Crippen LogP contribution in [0.2, 0.25) is 0 Å². The van der Waals surface area contributed by atoms with Crippen molar-refractivity contribution in [1.29, 1.82) is 0 Å². The second-order valence-electron chi connectivity index (χ2n) is 7.67. The van der Waals surface area contributed by atoms with Crippen molar-refractivity contribution in [2.45, 2.75) is 30.4 Å². The minimum absolute atomic E-state index is 0.0417. The molecule has 6 nitrogen and oxygen atoms in total. The highest BCUT2D eigenvalue weighted by atomic mass is 32.2. The number of ketones is 1. The first-order valence-corrected chi connectivity index (χ1v) is 11.7. The Morgan fingerprint density at radius 2 is 2.03 bits per heavy atom. The van der Waals surface area contributed by atoms with Crippen molar-refractivity contribution in [3.63, 3.8) is 0 Å². The first-order valence-electron chi connectivity index (χ1n) is 9.87. The number of hydrogen-bond donors (Lipinski definition) is 1. The Balaban J connectivity index is 1.50. The summed E-state index contributed by atoms with van der Waals surface area (Å²) < 4.78 is 5.32. The average Bonchev–Trinajstić information content (AvgIpc) is 3.25. The first kappa shape index (κ1) is 21.2. The summed E-state index contributed by atoms with van der Waals surface area (Å²) in [6.07, 6.45) is 1.39. The van der Waals surface area contributed by atoms with Gasteiger partial charge in [0.25, 0.3) is 0 Å². The van der Waals surface area contributed by atoms with E-state index < -0.39 is 5.60 Å². The fourth-order valence-corrected chi connectivity index (χ4v) is 5.72. The van der Waals surface area contributed by atoms with Crippen LogP contribution in [-0.2, 0) is 5.60 Å². The minimum Gasteiger partial charge on any atom is -0.497 e. The van der Waals surface area contributed by atoms with Crippen LogP contribution in [0.4, 0.5) is 0 Å². The molecule has 3 heterocycles. The maximum atomic E-state index is 12.8. The Kier molecular flexibility index (Phi) is 6.11. The quantitative estimate of drug-likeness (QED) is 0.352. The molecule has 0 spiro atoms. The Bertz CT molecular complexity index is 1070. The van der Waals surface area contributed by atoms with Crippen molar-refractivity contribution in [3.8, 4) is 5.75 Å². The molecule has 0 atom stereocenters. The van der Waals surface area contributed by atoms with Crippen LogP contribution < -0.4 is 4.74 Å². The third-order valence-corrected chi connectivity index (χ3v) is 7.78. The van der Waals surface area contributed by atoms with E-state index in [1.165, 1.54) is 23.1 Å². The number of rotatable bonds is 6. The molecule has 1 saturated heterocycles. The molecule has 0 saturated carbocycles. The number of carbonyl (C=O) groups is 1. The Labute approximate surface area is 184 Å². The smallest absolute Gasteiger partial charge is 0.183 e. The highest BCUT2D eigenvalue weighted by Gasteiger charge is 2.34. The zero-order valence-corrected chi connectivity index (χ0v) is 19.0. The third-order valence-electron chi connectivity index (χ3n) is 5.47. The molecular formula is C22H25N3O3S2. The van der Waals surface area contributed by atoms with Crippen molar-refractivity contribution in [3.05, 3.63) is 45.9 Å². The monoisotopic (exact) mass is 443 g/mol. The third kappa shape index (κ3) is 4.37. The summed E-state index contributed by atoms with van der Waals surface area (Å²) in [4.78, 5) is 25.6. The number of thioether (sulfide) groups is 1. The number of carbonyl (C=O) groups excluding carboxylic acids is 1. The predicted octanol–water partition coefficient (Wildman–Crippen LogP) is 3.90. The largest absolute Gasteiger partial charge is 0.497 e. The Morgan fingerprint density at radius 3 is 2.77 bits per heavy atom. The number of fused-ring (bicyclic) bond motifs is 1. The van der Waals surface area contributed by atoms with Gasteiger partial charge in [-0.05, 0) is 57.1 Å². The van der Waals surface area contributed by atoms with Crippen molar-refractivity contribution in [2.75, 3.05) is 33.0 Å². The number of aryl methyl sites for hydroxylation is 1. The lowest BCUT2D eigenvalue weighted by Gasteiger charge is -2.35. The van der Waals surface area contributed by atoms with E-state index in [1.807, 2.05) is 37.3 Å². The number of benzene rings is 1. The molecule has 1 aliphatic heterocycles.